The number of methoxy groups -OCH3 is 1. The zero-order chi connectivity index (χ0) is 27.0. The molecule has 0 bridgehead atoms. The number of ether oxygens (including phenoxy) is 1. The molecule has 0 amide bonds. The van der Waals surface area contributed by atoms with E-state index in [-0.39, 0.29) is 6.04 Å². The maximum atomic E-state index is 12.0. The number of rotatable bonds is 7. The number of aryl methyl sites for hydroxylation is 1. The molecule has 38 heavy (non-hydrogen) atoms. The minimum absolute atomic E-state index is 0.296. The van der Waals surface area contributed by atoms with Crippen molar-refractivity contribution >= 4 is 50.3 Å². The Morgan fingerprint density at radius 1 is 1.13 bits per heavy atom. The van der Waals surface area contributed by atoms with E-state index < -0.39 is 16.1 Å². The maximum Gasteiger partial charge on any atom is 0.229 e. The topological polar surface area (TPSA) is 96.7 Å². The Labute approximate surface area is 231 Å². The molecular formula is C27H25ClN4O4S2. The lowest BCUT2D eigenvalue weighted by Gasteiger charge is -2.27. The number of furan rings is 1. The fourth-order valence-corrected chi connectivity index (χ4v) is 5.64. The van der Waals surface area contributed by atoms with Gasteiger partial charge in [0.25, 0.3) is 0 Å². The van der Waals surface area contributed by atoms with Crippen LogP contribution in [0, 0.1) is 6.92 Å². The molecule has 0 radical (unpaired) electrons. The van der Waals surface area contributed by atoms with E-state index in [1.807, 2.05) is 66.4 Å². The number of anilines is 2. The smallest absolute Gasteiger partial charge is 0.229 e. The van der Waals surface area contributed by atoms with Gasteiger partial charge in [0.2, 0.25) is 10.0 Å². The van der Waals surface area contributed by atoms with E-state index in [1.165, 1.54) is 7.11 Å². The average molecular weight is 569 g/mol. The van der Waals surface area contributed by atoms with Crippen LogP contribution in [0.2, 0.25) is 5.02 Å². The van der Waals surface area contributed by atoms with E-state index in [2.05, 4.69) is 15.0 Å². The number of thiocarbonyl (C=S) groups is 1. The monoisotopic (exact) mass is 568 g/mol. The van der Waals surface area contributed by atoms with Crippen molar-refractivity contribution in [3.05, 3.63) is 95.0 Å². The van der Waals surface area contributed by atoms with Crippen molar-refractivity contribution in [2.75, 3.05) is 23.0 Å². The van der Waals surface area contributed by atoms with Gasteiger partial charge >= 0.3 is 0 Å². The summed E-state index contributed by atoms with van der Waals surface area (Å²) in [5.41, 5.74) is 3.64. The number of sulfonamides is 1. The molecule has 2 N–H and O–H groups in total. The van der Waals surface area contributed by atoms with Gasteiger partial charge in [-0.3, -0.25) is 9.71 Å². The van der Waals surface area contributed by atoms with E-state index >= 15 is 0 Å². The molecule has 2 aromatic carbocycles. The molecule has 1 fully saturated rings. The average Bonchev–Trinajstić information content (AvgIpc) is 3.49. The predicted octanol–water partition coefficient (Wildman–Crippen LogP) is 5.86. The van der Waals surface area contributed by atoms with Crippen LogP contribution in [0.1, 0.15) is 29.1 Å². The zero-order valence-corrected chi connectivity index (χ0v) is 23.2. The molecule has 1 saturated heterocycles. The normalized spacial score (nSPS) is 17.4. The molecule has 0 saturated carbocycles. The van der Waals surface area contributed by atoms with Gasteiger partial charge in [-0.25, -0.2) is 8.42 Å². The van der Waals surface area contributed by atoms with E-state index in [0.29, 0.717) is 38.8 Å². The van der Waals surface area contributed by atoms with Crippen molar-refractivity contribution in [3.8, 4) is 17.1 Å². The molecule has 8 nitrogen and oxygen atoms in total. The van der Waals surface area contributed by atoms with E-state index in [0.717, 1.165) is 23.1 Å². The lowest BCUT2D eigenvalue weighted by molar-refractivity contribution is 0.416. The van der Waals surface area contributed by atoms with Crippen molar-refractivity contribution in [2.24, 2.45) is 0 Å². The summed E-state index contributed by atoms with van der Waals surface area (Å²) in [7, 11) is -2.08. The van der Waals surface area contributed by atoms with Crippen molar-refractivity contribution in [2.45, 2.75) is 19.0 Å². The lowest BCUT2D eigenvalue weighted by atomic mass is 10.0. The van der Waals surface area contributed by atoms with Crippen LogP contribution >= 0.6 is 23.8 Å². The summed E-state index contributed by atoms with van der Waals surface area (Å²) >= 11 is 12.1. The van der Waals surface area contributed by atoms with Crippen molar-refractivity contribution in [1.82, 2.24) is 10.3 Å². The summed E-state index contributed by atoms with van der Waals surface area (Å²) in [6.45, 7) is 2.00. The summed E-state index contributed by atoms with van der Waals surface area (Å²) in [4.78, 5) is 6.46. The first-order valence-corrected chi connectivity index (χ1v) is 14.3. The molecule has 4 aromatic rings. The highest BCUT2D eigenvalue weighted by Crippen LogP contribution is 2.44. The quantitative estimate of drug-likeness (QED) is 0.268. The first kappa shape index (κ1) is 26.0. The molecule has 2 aromatic heterocycles. The Hall–Kier alpha value is -3.60. The molecular weight excluding hydrogens is 544 g/mol. The molecule has 3 heterocycles. The number of nitrogens with zero attached hydrogens (tertiary/aromatic N) is 2. The third kappa shape index (κ3) is 5.20. The van der Waals surface area contributed by atoms with Gasteiger partial charge in [-0.2, -0.15) is 0 Å². The second kappa shape index (κ2) is 10.3. The molecule has 11 heteroatoms. The Balaban J connectivity index is 1.63. The van der Waals surface area contributed by atoms with Crippen molar-refractivity contribution < 1.29 is 17.6 Å². The molecule has 0 aliphatic carbocycles. The van der Waals surface area contributed by atoms with Crippen LogP contribution < -0.4 is 19.7 Å². The van der Waals surface area contributed by atoms with Crippen molar-refractivity contribution in [1.29, 1.82) is 0 Å². The fourth-order valence-electron chi connectivity index (χ4n) is 4.56. The number of pyridine rings is 1. The van der Waals surface area contributed by atoms with E-state index in [1.54, 1.807) is 18.3 Å². The van der Waals surface area contributed by atoms with Gasteiger partial charge in [0.1, 0.15) is 23.3 Å². The molecule has 196 valence electrons. The predicted molar refractivity (Wildman–Crippen MR) is 153 cm³/mol. The number of nitrogens with one attached hydrogen (secondary N) is 2. The molecule has 1 aliphatic rings. The highest BCUT2D eigenvalue weighted by molar-refractivity contribution is 7.92. The second-order valence-corrected chi connectivity index (χ2v) is 11.5. The Bertz CT molecular complexity index is 1610. The summed E-state index contributed by atoms with van der Waals surface area (Å²) < 4.78 is 38.4. The molecule has 2 atom stereocenters. The number of hydrogen-bond donors (Lipinski definition) is 2. The van der Waals surface area contributed by atoms with Crippen LogP contribution in [0.3, 0.4) is 0 Å². The number of benzene rings is 2. The van der Waals surface area contributed by atoms with Crippen LogP contribution in [0.15, 0.2) is 77.3 Å². The second-order valence-electron chi connectivity index (χ2n) is 8.92. The van der Waals surface area contributed by atoms with E-state index in [9.17, 15) is 8.42 Å². The standard InChI is InChI=1S/C27H25ClN4O4S2/c1-16-7-8-17(28)14-19(16)22-11-12-24(36-22)26-25(20-6-4-5-13-29-20)30-27(37)32(26)18-9-10-23(35-2)21(15-18)31-38(3,33)34/h4-15,25-26,31H,1-3H3,(H,30,37)/t25-,26-/m1/s1. The van der Waals surface area contributed by atoms with Gasteiger partial charge < -0.3 is 19.4 Å². The third-order valence-electron chi connectivity index (χ3n) is 6.24. The molecule has 5 rings (SSSR count). The largest absolute Gasteiger partial charge is 0.495 e. The molecule has 1 aliphatic heterocycles. The molecule has 0 spiro atoms. The van der Waals surface area contributed by atoms with Gasteiger partial charge in [-0.1, -0.05) is 23.7 Å². The lowest BCUT2D eigenvalue weighted by Crippen LogP contribution is -2.29. The van der Waals surface area contributed by atoms with Crippen LogP contribution in [0.4, 0.5) is 11.4 Å². The summed E-state index contributed by atoms with van der Waals surface area (Å²) in [5, 5.41) is 4.43. The van der Waals surface area contributed by atoms with Gasteiger partial charge in [0.05, 0.1) is 30.8 Å². The Morgan fingerprint density at radius 2 is 1.95 bits per heavy atom. The van der Waals surface area contributed by atoms with Crippen LogP contribution in [-0.4, -0.2) is 31.9 Å². The highest BCUT2D eigenvalue weighted by Gasteiger charge is 2.43. The minimum Gasteiger partial charge on any atom is -0.495 e. The van der Waals surface area contributed by atoms with Crippen LogP contribution in [0.5, 0.6) is 5.75 Å². The Morgan fingerprint density at radius 3 is 2.66 bits per heavy atom. The minimum atomic E-state index is -3.55. The maximum absolute atomic E-state index is 12.0. The highest BCUT2D eigenvalue weighted by atomic mass is 35.5. The zero-order valence-electron chi connectivity index (χ0n) is 20.8. The number of halogens is 1. The van der Waals surface area contributed by atoms with Crippen molar-refractivity contribution in [3.63, 3.8) is 0 Å². The first-order chi connectivity index (χ1) is 18.1. The summed E-state index contributed by atoms with van der Waals surface area (Å²) in [6.07, 6.45) is 2.81. The third-order valence-corrected chi connectivity index (χ3v) is 7.38. The van der Waals surface area contributed by atoms with Gasteiger partial charge in [0.15, 0.2) is 5.11 Å². The van der Waals surface area contributed by atoms with Gasteiger partial charge in [0, 0.05) is 22.5 Å². The van der Waals surface area contributed by atoms with E-state index in [4.69, 9.17) is 33.0 Å². The fraction of sp³-hybridized carbons (Fsp3) is 0.185. The number of hydrogen-bond acceptors (Lipinski definition) is 6. The van der Waals surface area contributed by atoms with Gasteiger partial charge in [-0.05, 0) is 79.3 Å². The Kier molecular flexibility index (Phi) is 7.04. The summed E-state index contributed by atoms with van der Waals surface area (Å²) in [5.74, 6) is 1.70. The number of aromatic nitrogens is 1. The van der Waals surface area contributed by atoms with Gasteiger partial charge in [-0.15, -0.1) is 0 Å². The van der Waals surface area contributed by atoms with Crippen LogP contribution in [-0.2, 0) is 10.0 Å². The molecule has 0 unspecified atom stereocenters. The SMILES string of the molecule is COc1ccc(N2C(=S)N[C@H](c3ccccn3)[C@H]2c2ccc(-c3cc(Cl)ccc3C)o2)cc1NS(C)(=O)=O. The van der Waals surface area contributed by atoms with Crippen LogP contribution in [0.25, 0.3) is 11.3 Å². The first-order valence-electron chi connectivity index (χ1n) is 11.7. The summed E-state index contributed by atoms with van der Waals surface area (Å²) in [6, 6.07) is 19.6.